The first-order valence-corrected chi connectivity index (χ1v) is 9.66. The van der Waals surface area contributed by atoms with Crippen molar-refractivity contribution in [3.8, 4) is 5.75 Å². The molecule has 7 nitrogen and oxygen atoms in total. The SMILES string of the molecule is COc1cc(CN2CCc3nnc(C(C)NC(=O)C(C)C)n3CC2)ccc1F. The van der Waals surface area contributed by atoms with Crippen molar-refractivity contribution in [1.29, 1.82) is 0 Å². The Morgan fingerprint density at radius 3 is 2.75 bits per heavy atom. The number of methoxy groups -OCH3 is 1. The van der Waals surface area contributed by atoms with E-state index in [1.54, 1.807) is 12.1 Å². The van der Waals surface area contributed by atoms with Crippen LogP contribution in [0.5, 0.6) is 5.75 Å². The summed E-state index contributed by atoms with van der Waals surface area (Å²) < 4.78 is 20.8. The molecule has 1 unspecified atom stereocenters. The van der Waals surface area contributed by atoms with Gasteiger partial charge < -0.3 is 14.6 Å². The number of ether oxygens (including phenoxy) is 1. The van der Waals surface area contributed by atoms with Gasteiger partial charge in [0.1, 0.15) is 5.82 Å². The quantitative estimate of drug-likeness (QED) is 0.821. The minimum Gasteiger partial charge on any atom is -0.494 e. The number of hydrogen-bond donors (Lipinski definition) is 1. The third kappa shape index (κ3) is 4.49. The van der Waals surface area contributed by atoms with Crippen molar-refractivity contribution in [2.45, 2.75) is 46.3 Å². The zero-order valence-electron chi connectivity index (χ0n) is 16.9. The Labute approximate surface area is 164 Å². The molecule has 0 spiro atoms. The van der Waals surface area contributed by atoms with E-state index in [9.17, 15) is 9.18 Å². The smallest absolute Gasteiger partial charge is 0.223 e. The van der Waals surface area contributed by atoms with Gasteiger partial charge in [0.05, 0.1) is 13.2 Å². The van der Waals surface area contributed by atoms with E-state index in [1.165, 1.54) is 13.2 Å². The van der Waals surface area contributed by atoms with Gasteiger partial charge in [-0.15, -0.1) is 10.2 Å². The van der Waals surface area contributed by atoms with Gasteiger partial charge in [-0.3, -0.25) is 9.69 Å². The fourth-order valence-corrected chi connectivity index (χ4v) is 3.37. The summed E-state index contributed by atoms with van der Waals surface area (Å²) in [5.74, 6) is 1.56. The first-order valence-electron chi connectivity index (χ1n) is 9.66. The Hall–Kier alpha value is -2.48. The van der Waals surface area contributed by atoms with Crippen LogP contribution in [0, 0.1) is 11.7 Å². The van der Waals surface area contributed by atoms with Gasteiger partial charge >= 0.3 is 0 Å². The van der Waals surface area contributed by atoms with Crippen LogP contribution in [0.3, 0.4) is 0 Å². The highest BCUT2D eigenvalue weighted by molar-refractivity contribution is 5.78. The van der Waals surface area contributed by atoms with Crippen molar-refractivity contribution in [2.75, 3.05) is 20.2 Å². The fraction of sp³-hybridized carbons (Fsp3) is 0.550. The molecule has 1 aliphatic rings. The minimum absolute atomic E-state index is 0.00496. The Balaban J connectivity index is 1.67. The number of nitrogens with zero attached hydrogens (tertiary/aromatic N) is 4. The molecule has 3 rings (SSSR count). The number of fused-ring (bicyclic) bond motifs is 1. The number of aromatic nitrogens is 3. The Kier molecular flexibility index (Phi) is 6.28. The first kappa shape index (κ1) is 20.3. The van der Waals surface area contributed by atoms with Crippen molar-refractivity contribution >= 4 is 5.91 Å². The highest BCUT2D eigenvalue weighted by atomic mass is 19.1. The molecule has 0 saturated carbocycles. The molecular formula is C20H28FN5O2. The van der Waals surface area contributed by atoms with Crippen LogP contribution in [-0.2, 0) is 24.3 Å². The Bertz CT molecular complexity index is 836. The van der Waals surface area contributed by atoms with E-state index in [2.05, 4.69) is 25.0 Å². The van der Waals surface area contributed by atoms with E-state index >= 15 is 0 Å². The number of rotatable bonds is 6. The molecule has 0 saturated heterocycles. The van der Waals surface area contributed by atoms with Gasteiger partial charge in [-0.2, -0.15) is 0 Å². The van der Waals surface area contributed by atoms with Gasteiger partial charge in [0.25, 0.3) is 0 Å². The second-order valence-electron chi connectivity index (χ2n) is 7.51. The highest BCUT2D eigenvalue weighted by Crippen LogP contribution is 2.21. The summed E-state index contributed by atoms with van der Waals surface area (Å²) in [5, 5.41) is 11.6. The second-order valence-corrected chi connectivity index (χ2v) is 7.51. The van der Waals surface area contributed by atoms with E-state index in [0.29, 0.717) is 6.54 Å². The lowest BCUT2D eigenvalue weighted by atomic mass is 10.2. The maximum absolute atomic E-state index is 13.6. The lowest BCUT2D eigenvalue weighted by molar-refractivity contribution is -0.124. The normalized spacial score (nSPS) is 15.8. The molecule has 0 radical (unpaired) electrons. The Morgan fingerprint density at radius 1 is 1.25 bits per heavy atom. The molecule has 1 aliphatic heterocycles. The molecule has 0 fully saturated rings. The molecule has 2 aromatic rings. The van der Waals surface area contributed by atoms with Crippen molar-refractivity contribution in [3.05, 3.63) is 41.2 Å². The van der Waals surface area contributed by atoms with E-state index in [0.717, 1.165) is 43.3 Å². The summed E-state index contributed by atoms with van der Waals surface area (Å²) in [4.78, 5) is 14.3. The van der Waals surface area contributed by atoms with Gasteiger partial charge in [-0.1, -0.05) is 19.9 Å². The van der Waals surface area contributed by atoms with Gasteiger partial charge in [0.15, 0.2) is 17.4 Å². The largest absolute Gasteiger partial charge is 0.494 e. The number of halogens is 1. The third-order valence-corrected chi connectivity index (χ3v) is 5.04. The molecule has 0 aliphatic carbocycles. The number of carbonyl (C=O) groups excluding carboxylic acids is 1. The average Bonchev–Trinajstić information content (AvgIpc) is 2.98. The van der Waals surface area contributed by atoms with Crippen LogP contribution in [0.25, 0.3) is 0 Å². The van der Waals surface area contributed by atoms with Crippen LogP contribution in [0.4, 0.5) is 4.39 Å². The van der Waals surface area contributed by atoms with Crippen molar-refractivity contribution < 1.29 is 13.9 Å². The van der Waals surface area contributed by atoms with Crippen molar-refractivity contribution in [3.63, 3.8) is 0 Å². The van der Waals surface area contributed by atoms with Crippen LogP contribution in [0.2, 0.25) is 0 Å². The Morgan fingerprint density at radius 2 is 2.04 bits per heavy atom. The molecular weight excluding hydrogens is 361 g/mol. The summed E-state index contributed by atoms with van der Waals surface area (Å²) in [6.07, 6.45) is 0.774. The summed E-state index contributed by atoms with van der Waals surface area (Å²) >= 11 is 0. The van der Waals surface area contributed by atoms with Crippen molar-refractivity contribution in [1.82, 2.24) is 25.0 Å². The standard InChI is InChI=1S/C20H28FN5O2/c1-13(2)20(27)22-14(3)19-24-23-18-7-8-25(9-10-26(18)19)12-15-5-6-16(21)17(11-15)28-4/h5-6,11,13-14H,7-10,12H2,1-4H3,(H,22,27). The maximum Gasteiger partial charge on any atom is 0.223 e. The summed E-state index contributed by atoms with van der Waals surface area (Å²) in [7, 11) is 1.47. The summed E-state index contributed by atoms with van der Waals surface area (Å²) in [6.45, 7) is 8.79. The lowest BCUT2D eigenvalue weighted by Gasteiger charge is -2.20. The molecule has 2 heterocycles. The molecule has 1 N–H and O–H groups in total. The van der Waals surface area contributed by atoms with Crippen LogP contribution < -0.4 is 10.1 Å². The molecule has 0 bridgehead atoms. The molecule has 8 heteroatoms. The fourth-order valence-electron chi connectivity index (χ4n) is 3.37. The summed E-state index contributed by atoms with van der Waals surface area (Å²) in [6, 6.07) is 4.79. The molecule has 1 atom stereocenters. The van der Waals surface area contributed by atoms with E-state index < -0.39 is 0 Å². The second kappa shape index (κ2) is 8.68. The summed E-state index contributed by atoms with van der Waals surface area (Å²) in [5.41, 5.74) is 1.01. The van der Waals surface area contributed by atoms with Crippen LogP contribution in [0.15, 0.2) is 18.2 Å². The first-order chi connectivity index (χ1) is 13.4. The number of carbonyl (C=O) groups is 1. The zero-order valence-corrected chi connectivity index (χ0v) is 16.9. The number of nitrogens with one attached hydrogen (secondary N) is 1. The van der Waals surface area contributed by atoms with Crippen LogP contribution in [-0.4, -0.2) is 45.8 Å². The maximum atomic E-state index is 13.6. The monoisotopic (exact) mass is 389 g/mol. The topological polar surface area (TPSA) is 72.3 Å². The number of benzene rings is 1. The van der Waals surface area contributed by atoms with E-state index in [1.807, 2.05) is 20.8 Å². The molecule has 1 amide bonds. The molecule has 152 valence electrons. The predicted octanol–water partition coefficient (Wildman–Crippen LogP) is 2.32. The van der Waals surface area contributed by atoms with E-state index in [-0.39, 0.29) is 29.4 Å². The number of amides is 1. The van der Waals surface area contributed by atoms with Crippen LogP contribution >= 0.6 is 0 Å². The van der Waals surface area contributed by atoms with Gasteiger partial charge in [0.2, 0.25) is 5.91 Å². The number of hydrogen-bond acceptors (Lipinski definition) is 5. The zero-order chi connectivity index (χ0) is 20.3. The molecule has 1 aromatic carbocycles. The van der Waals surface area contributed by atoms with Crippen molar-refractivity contribution in [2.24, 2.45) is 5.92 Å². The van der Waals surface area contributed by atoms with Gasteiger partial charge in [0, 0.05) is 38.5 Å². The molecule has 28 heavy (non-hydrogen) atoms. The van der Waals surface area contributed by atoms with E-state index in [4.69, 9.17) is 4.74 Å². The lowest BCUT2D eigenvalue weighted by Crippen LogP contribution is -2.32. The minimum atomic E-state index is -0.351. The average molecular weight is 389 g/mol. The van der Waals surface area contributed by atoms with Crippen LogP contribution in [0.1, 0.15) is 44.0 Å². The predicted molar refractivity (Wildman–Crippen MR) is 103 cm³/mol. The highest BCUT2D eigenvalue weighted by Gasteiger charge is 2.23. The van der Waals surface area contributed by atoms with Gasteiger partial charge in [-0.05, 0) is 24.6 Å². The van der Waals surface area contributed by atoms with Gasteiger partial charge in [-0.25, -0.2) is 4.39 Å². The molecule has 1 aromatic heterocycles. The third-order valence-electron chi connectivity index (χ3n) is 5.04.